The first-order valence-corrected chi connectivity index (χ1v) is 10.1. The fraction of sp³-hybridized carbons (Fsp3) is 0.364. The topological polar surface area (TPSA) is 70.7 Å². The summed E-state index contributed by atoms with van der Waals surface area (Å²) < 4.78 is 5.45. The minimum atomic E-state index is -0.672. The number of halogens is 1. The molecule has 0 bridgehead atoms. The van der Waals surface area contributed by atoms with Gasteiger partial charge in [-0.25, -0.2) is 0 Å². The second kappa shape index (κ2) is 10.4. The second-order valence-electron chi connectivity index (χ2n) is 7.06. The van der Waals surface area contributed by atoms with Crippen molar-refractivity contribution in [1.82, 2.24) is 15.5 Å². The molecule has 0 aromatic heterocycles. The third-order valence-corrected chi connectivity index (χ3v) is 5.38. The Balaban J connectivity index is 1.59. The van der Waals surface area contributed by atoms with Gasteiger partial charge in [0.1, 0.15) is 0 Å². The Hall–Kier alpha value is -2.41. The molecule has 2 N–H and O–H groups in total. The van der Waals surface area contributed by atoms with Crippen molar-refractivity contribution in [2.45, 2.75) is 19.5 Å². The fourth-order valence-corrected chi connectivity index (χ4v) is 3.51. The first-order chi connectivity index (χ1) is 14.0. The van der Waals surface area contributed by atoms with Crippen LogP contribution in [0.4, 0.5) is 0 Å². The second-order valence-corrected chi connectivity index (χ2v) is 7.47. The summed E-state index contributed by atoms with van der Waals surface area (Å²) >= 11 is 6.09. The maximum atomic E-state index is 12.3. The number of nitrogens with one attached hydrogen (secondary N) is 2. The largest absolute Gasteiger partial charge is 0.379 e. The van der Waals surface area contributed by atoms with E-state index in [-0.39, 0.29) is 12.6 Å². The van der Waals surface area contributed by atoms with E-state index in [0.29, 0.717) is 24.8 Å². The third kappa shape index (κ3) is 6.03. The number of carbonyl (C=O) groups is 2. The zero-order chi connectivity index (χ0) is 20.6. The minimum Gasteiger partial charge on any atom is -0.379 e. The molecule has 1 fully saturated rings. The quantitative estimate of drug-likeness (QED) is 0.711. The molecule has 7 heteroatoms. The van der Waals surface area contributed by atoms with Crippen molar-refractivity contribution in [3.05, 3.63) is 70.2 Å². The molecule has 0 radical (unpaired) electrons. The molecular weight excluding hydrogens is 390 g/mol. The van der Waals surface area contributed by atoms with Crippen LogP contribution in [-0.2, 0) is 20.9 Å². The summed E-state index contributed by atoms with van der Waals surface area (Å²) in [7, 11) is 0. The Kier molecular flexibility index (Phi) is 7.63. The van der Waals surface area contributed by atoms with Gasteiger partial charge in [-0.2, -0.15) is 0 Å². The SMILES string of the molecule is Cc1ccc([C@H](CNC(=O)C(=O)NCc2ccccc2Cl)N2CCOCC2)cc1. The maximum absolute atomic E-state index is 12.3. The Bertz CT molecular complexity index is 835. The van der Waals surface area contributed by atoms with Gasteiger partial charge in [0.2, 0.25) is 0 Å². The Morgan fingerprint density at radius 1 is 1.03 bits per heavy atom. The zero-order valence-corrected chi connectivity index (χ0v) is 17.2. The number of aryl methyl sites for hydroxylation is 1. The summed E-state index contributed by atoms with van der Waals surface area (Å²) in [6.45, 7) is 5.49. The number of nitrogens with zero attached hydrogens (tertiary/aromatic N) is 1. The van der Waals surface area contributed by atoms with Gasteiger partial charge in [0.15, 0.2) is 0 Å². The van der Waals surface area contributed by atoms with Gasteiger partial charge in [0, 0.05) is 31.2 Å². The molecule has 0 saturated carbocycles. The van der Waals surface area contributed by atoms with Crippen LogP contribution in [0.5, 0.6) is 0 Å². The zero-order valence-electron chi connectivity index (χ0n) is 16.5. The van der Waals surface area contributed by atoms with Crippen LogP contribution in [-0.4, -0.2) is 49.6 Å². The van der Waals surface area contributed by atoms with Crippen LogP contribution in [0.2, 0.25) is 5.02 Å². The summed E-state index contributed by atoms with van der Waals surface area (Å²) in [4.78, 5) is 26.8. The van der Waals surface area contributed by atoms with Crippen LogP contribution in [0.3, 0.4) is 0 Å². The van der Waals surface area contributed by atoms with Gasteiger partial charge in [-0.1, -0.05) is 59.6 Å². The molecule has 6 nitrogen and oxygen atoms in total. The summed E-state index contributed by atoms with van der Waals surface area (Å²) in [6.07, 6.45) is 0. The lowest BCUT2D eigenvalue weighted by Crippen LogP contribution is -2.46. The van der Waals surface area contributed by atoms with E-state index in [1.807, 2.05) is 25.1 Å². The molecule has 0 unspecified atom stereocenters. The molecule has 0 aliphatic carbocycles. The molecule has 1 aliphatic rings. The van der Waals surface area contributed by atoms with E-state index >= 15 is 0 Å². The molecule has 0 spiro atoms. The smallest absolute Gasteiger partial charge is 0.309 e. The van der Waals surface area contributed by atoms with Crippen LogP contribution in [0.1, 0.15) is 22.7 Å². The van der Waals surface area contributed by atoms with Crippen LogP contribution >= 0.6 is 11.6 Å². The van der Waals surface area contributed by atoms with Crippen molar-refractivity contribution in [3.8, 4) is 0 Å². The highest BCUT2D eigenvalue weighted by Gasteiger charge is 2.24. The number of hydrogen-bond donors (Lipinski definition) is 2. The monoisotopic (exact) mass is 415 g/mol. The van der Waals surface area contributed by atoms with Crippen molar-refractivity contribution < 1.29 is 14.3 Å². The van der Waals surface area contributed by atoms with E-state index in [1.165, 1.54) is 5.56 Å². The van der Waals surface area contributed by atoms with Crippen LogP contribution in [0.15, 0.2) is 48.5 Å². The van der Waals surface area contributed by atoms with Crippen molar-refractivity contribution >= 4 is 23.4 Å². The van der Waals surface area contributed by atoms with Crippen molar-refractivity contribution in [1.29, 1.82) is 0 Å². The first-order valence-electron chi connectivity index (χ1n) is 9.72. The van der Waals surface area contributed by atoms with E-state index in [1.54, 1.807) is 6.07 Å². The van der Waals surface area contributed by atoms with E-state index in [9.17, 15) is 9.59 Å². The highest BCUT2D eigenvalue weighted by Crippen LogP contribution is 2.22. The Morgan fingerprint density at radius 3 is 2.38 bits per heavy atom. The Morgan fingerprint density at radius 2 is 1.69 bits per heavy atom. The highest BCUT2D eigenvalue weighted by molar-refractivity contribution is 6.35. The normalized spacial score (nSPS) is 15.5. The maximum Gasteiger partial charge on any atom is 0.309 e. The highest BCUT2D eigenvalue weighted by atomic mass is 35.5. The Labute approximate surface area is 176 Å². The summed E-state index contributed by atoms with van der Waals surface area (Å²) in [6, 6.07) is 15.4. The minimum absolute atomic E-state index is 0.0141. The van der Waals surface area contributed by atoms with Gasteiger partial charge >= 0.3 is 11.8 Å². The van der Waals surface area contributed by atoms with Gasteiger partial charge in [0.05, 0.1) is 19.3 Å². The number of ether oxygens (including phenoxy) is 1. The first kappa shape index (κ1) is 21.3. The molecule has 2 amide bonds. The summed E-state index contributed by atoms with van der Waals surface area (Å²) in [5, 5.41) is 5.95. The van der Waals surface area contributed by atoms with Gasteiger partial charge < -0.3 is 15.4 Å². The van der Waals surface area contributed by atoms with Gasteiger partial charge in [-0.15, -0.1) is 0 Å². The van der Waals surface area contributed by atoms with E-state index in [4.69, 9.17) is 16.3 Å². The van der Waals surface area contributed by atoms with Crippen molar-refractivity contribution in [3.63, 3.8) is 0 Å². The third-order valence-electron chi connectivity index (χ3n) is 5.01. The molecule has 1 aliphatic heterocycles. The van der Waals surface area contributed by atoms with E-state index in [0.717, 1.165) is 24.2 Å². The number of carbonyl (C=O) groups excluding carboxylic acids is 2. The van der Waals surface area contributed by atoms with Crippen LogP contribution in [0, 0.1) is 6.92 Å². The van der Waals surface area contributed by atoms with Crippen molar-refractivity contribution in [2.75, 3.05) is 32.8 Å². The number of hydrogen-bond acceptors (Lipinski definition) is 4. The molecule has 1 saturated heterocycles. The number of amides is 2. The molecule has 154 valence electrons. The predicted molar refractivity (Wildman–Crippen MR) is 113 cm³/mol. The lowest BCUT2D eigenvalue weighted by molar-refractivity contribution is -0.139. The van der Waals surface area contributed by atoms with Gasteiger partial charge in [-0.05, 0) is 24.1 Å². The predicted octanol–water partition coefficient (Wildman–Crippen LogP) is 2.45. The molecule has 1 atom stereocenters. The molecule has 29 heavy (non-hydrogen) atoms. The van der Waals surface area contributed by atoms with Gasteiger partial charge in [0.25, 0.3) is 0 Å². The average molecular weight is 416 g/mol. The number of benzene rings is 2. The number of morpholine rings is 1. The molecule has 1 heterocycles. The van der Waals surface area contributed by atoms with E-state index in [2.05, 4.69) is 39.8 Å². The van der Waals surface area contributed by atoms with Crippen LogP contribution < -0.4 is 10.6 Å². The van der Waals surface area contributed by atoms with Crippen molar-refractivity contribution in [2.24, 2.45) is 0 Å². The molecule has 2 aromatic carbocycles. The average Bonchev–Trinajstić information content (AvgIpc) is 2.75. The van der Waals surface area contributed by atoms with E-state index < -0.39 is 11.8 Å². The summed E-state index contributed by atoms with van der Waals surface area (Å²) in [5.74, 6) is -1.32. The standard InChI is InChI=1S/C22H26ClN3O3/c1-16-6-8-17(9-7-16)20(26-10-12-29-13-11-26)15-25-22(28)21(27)24-14-18-4-2-3-5-19(18)23/h2-9,20H,10-15H2,1H3,(H,24,27)(H,25,28)/t20-/m0/s1. The molecule has 2 aromatic rings. The summed E-state index contributed by atoms with van der Waals surface area (Å²) in [5.41, 5.74) is 3.05. The molecular formula is C22H26ClN3O3. The lowest BCUT2D eigenvalue weighted by Gasteiger charge is -2.35. The number of rotatable bonds is 6. The fourth-order valence-electron chi connectivity index (χ4n) is 3.30. The van der Waals surface area contributed by atoms with Gasteiger partial charge in [-0.3, -0.25) is 14.5 Å². The molecule has 3 rings (SSSR count). The van der Waals surface area contributed by atoms with Crippen LogP contribution in [0.25, 0.3) is 0 Å². The lowest BCUT2D eigenvalue weighted by atomic mass is 10.0.